The maximum absolute atomic E-state index is 12.9. The van der Waals surface area contributed by atoms with E-state index in [9.17, 15) is 9.59 Å². The minimum Gasteiger partial charge on any atom is -0.347 e. The molecule has 2 aliphatic rings. The summed E-state index contributed by atoms with van der Waals surface area (Å²) in [7, 11) is 2.12. The molecule has 0 unspecified atom stereocenters. The van der Waals surface area contributed by atoms with Gasteiger partial charge >= 0.3 is 0 Å². The van der Waals surface area contributed by atoms with Gasteiger partial charge in [0.2, 0.25) is 5.91 Å². The van der Waals surface area contributed by atoms with Crippen LogP contribution in [-0.2, 0) is 11.3 Å². The molecule has 5 rings (SSSR count). The normalized spacial score (nSPS) is 18.6. The number of likely N-dealkylation sites (tertiary alicyclic amines) is 2. The van der Waals surface area contributed by atoms with Crippen LogP contribution in [0.3, 0.4) is 0 Å². The summed E-state index contributed by atoms with van der Waals surface area (Å²) in [5.74, 6) is 0.907. The van der Waals surface area contributed by atoms with Crippen LogP contribution in [0, 0.1) is 5.92 Å². The van der Waals surface area contributed by atoms with Crippen LogP contribution < -0.4 is 5.32 Å². The van der Waals surface area contributed by atoms with Gasteiger partial charge in [0.25, 0.3) is 5.91 Å². The van der Waals surface area contributed by atoms with E-state index >= 15 is 0 Å². The van der Waals surface area contributed by atoms with Gasteiger partial charge in [0, 0.05) is 36.6 Å². The van der Waals surface area contributed by atoms with E-state index in [4.69, 9.17) is 0 Å². The molecule has 0 aliphatic carbocycles. The predicted molar refractivity (Wildman–Crippen MR) is 127 cm³/mol. The average molecular weight is 467 g/mol. The number of nitrogens with zero attached hydrogens (tertiary/aromatic N) is 5. The lowest BCUT2D eigenvalue weighted by molar-refractivity contribution is -0.138. The van der Waals surface area contributed by atoms with Crippen molar-refractivity contribution in [3.63, 3.8) is 0 Å². The highest BCUT2D eigenvalue weighted by Gasteiger charge is 2.31. The second kappa shape index (κ2) is 9.61. The van der Waals surface area contributed by atoms with E-state index in [1.54, 1.807) is 15.9 Å². The van der Waals surface area contributed by atoms with Crippen molar-refractivity contribution in [2.45, 2.75) is 38.1 Å². The van der Waals surface area contributed by atoms with Crippen LogP contribution in [0.25, 0.3) is 5.65 Å². The zero-order valence-corrected chi connectivity index (χ0v) is 19.8. The van der Waals surface area contributed by atoms with E-state index in [2.05, 4.69) is 38.3 Å². The number of hydrogen-bond donors (Lipinski definition) is 1. The quantitative estimate of drug-likeness (QED) is 0.625. The molecule has 2 aliphatic heterocycles. The third-order valence-corrected chi connectivity index (χ3v) is 8.16. The van der Waals surface area contributed by atoms with Crippen LogP contribution in [0.5, 0.6) is 0 Å². The fourth-order valence-electron chi connectivity index (χ4n) is 4.83. The molecule has 0 atom stereocenters. The molecule has 2 fully saturated rings. The highest BCUT2D eigenvalue weighted by Crippen LogP contribution is 2.34. The lowest BCUT2D eigenvalue weighted by Gasteiger charge is -2.36. The third-order valence-electron chi connectivity index (χ3n) is 6.92. The van der Waals surface area contributed by atoms with E-state index in [-0.39, 0.29) is 11.8 Å². The molecule has 3 aromatic heterocycles. The van der Waals surface area contributed by atoms with Crippen LogP contribution in [-0.4, -0.2) is 69.4 Å². The summed E-state index contributed by atoms with van der Waals surface area (Å²) >= 11 is 1.58. The smallest absolute Gasteiger partial charge is 0.261 e. The molecule has 0 saturated carbocycles. The molecular weight excluding hydrogens is 436 g/mol. The first-order valence-electron chi connectivity index (χ1n) is 11.7. The van der Waals surface area contributed by atoms with Gasteiger partial charge in [0.05, 0.1) is 4.88 Å². The maximum Gasteiger partial charge on any atom is 0.261 e. The molecule has 0 radical (unpaired) electrons. The Hall–Kier alpha value is -2.78. The summed E-state index contributed by atoms with van der Waals surface area (Å²) in [6.45, 7) is 4.11. The van der Waals surface area contributed by atoms with Crippen molar-refractivity contribution in [2.24, 2.45) is 5.92 Å². The lowest BCUT2D eigenvalue weighted by atomic mass is 9.91. The van der Waals surface area contributed by atoms with Crippen molar-refractivity contribution in [3.05, 3.63) is 52.1 Å². The summed E-state index contributed by atoms with van der Waals surface area (Å²) in [5, 5.41) is 7.14. The summed E-state index contributed by atoms with van der Waals surface area (Å²) in [6.07, 6.45) is 7.29. The zero-order chi connectivity index (χ0) is 22.8. The van der Waals surface area contributed by atoms with Crippen molar-refractivity contribution in [2.75, 3.05) is 33.2 Å². The summed E-state index contributed by atoms with van der Waals surface area (Å²) in [6, 6.07) is 7.85. The van der Waals surface area contributed by atoms with Crippen molar-refractivity contribution in [3.8, 4) is 0 Å². The number of nitrogens with one attached hydrogen (secondary N) is 1. The maximum atomic E-state index is 12.9. The number of rotatable bonds is 5. The Kier molecular flexibility index (Phi) is 6.41. The lowest BCUT2D eigenvalue weighted by Crippen LogP contribution is -2.44. The Morgan fingerprint density at radius 2 is 1.85 bits per heavy atom. The number of piperidine rings is 2. The zero-order valence-electron chi connectivity index (χ0n) is 18.9. The molecule has 9 heteroatoms. The molecule has 0 aromatic carbocycles. The Balaban J connectivity index is 1.12. The molecule has 8 nitrogen and oxygen atoms in total. The second-order valence-corrected chi connectivity index (χ2v) is 10.3. The molecule has 2 saturated heterocycles. The average Bonchev–Trinajstić information content (AvgIpc) is 3.52. The number of pyridine rings is 1. The monoisotopic (exact) mass is 466 g/mol. The number of aromatic nitrogens is 3. The number of carbonyl (C=O) groups excluding carboxylic acids is 2. The van der Waals surface area contributed by atoms with Crippen molar-refractivity contribution < 1.29 is 9.59 Å². The summed E-state index contributed by atoms with van der Waals surface area (Å²) in [5.41, 5.74) is 1.76. The van der Waals surface area contributed by atoms with Gasteiger partial charge < -0.3 is 15.1 Å². The largest absolute Gasteiger partial charge is 0.347 e. The van der Waals surface area contributed by atoms with Gasteiger partial charge in [0.1, 0.15) is 6.33 Å². The number of amides is 2. The Bertz CT molecular complexity index is 1120. The Morgan fingerprint density at radius 3 is 2.64 bits per heavy atom. The van der Waals surface area contributed by atoms with Gasteiger partial charge in [-0.15, -0.1) is 11.3 Å². The summed E-state index contributed by atoms with van der Waals surface area (Å²) < 4.78 is 1.70. The van der Waals surface area contributed by atoms with Crippen molar-refractivity contribution >= 4 is 28.8 Å². The molecule has 5 heterocycles. The third kappa shape index (κ3) is 4.94. The van der Waals surface area contributed by atoms with E-state index in [0.29, 0.717) is 18.4 Å². The Labute approximate surface area is 197 Å². The van der Waals surface area contributed by atoms with Crippen LogP contribution >= 0.6 is 11.3 Å². The van der Waals surface area contributed by atoms with Crippen LogP contribution in [0.2, 0.25) is 0 Å². The molecule has 33 heavy (non-hydrogen) atoms. The molecule has 174 valence electrons. The number of carbonyl (C=O) groups is 2. The van der Waals surface area contributed by atoms with Gasteiger partial charge in [-0.05, 0) is 75.5 Å². The topological polar surface area (TPSA) is 82.8 Å². The highest BCUT2D eigenvalue weighted by atomic mass is 32.1. The SMILES string of the molecule is CN1CCC(C(=O)N2CCC(c3ccc(C(=O)NCc4ccc5ncnn5c4)s3)CC2)CC1. The second-order valence-electron chi connectivity index (χ2n) is 9.16. The van der Waals surface area contributed by atoms with Gasteiger partial charge in [0.15, 0.2) is 5.65 Å². The molecule has 0 bridgehead atoms. The van der Waals surface area contributed by atoms with Crippen molar-refractivity contribution in [1.82, 2.24) is 29.7 Å². The summed E-state index contributed by atoms with van der Waals surface area (Å²) in [4.78, 5) is 36.0. The fourth-order valence-corrected chi connectivity index (χ4v) is 5.92. The van der Waals surface area contributed by atoms with Gasteiger partial charge in [-0.1, -0.05) is 6.07 Å². The minimum absolute atomic E-state index is 0.0557. The number of hydrogen-bond acceptors (Lipinski definition) is 6. The first kappa shape index (κ1) is 22.0. The first-order chi connectivity index (χ1) is 16.1. The van der Waals surface area contributed by atoms with Crippen LogP contribution in [0.15, 0.2) is 36.8 Å². The standard InChI is InChI=1S/C24H30N6O2S/c1-28-10-6-19(7-11-28)24(32)29-12-8-18(9-13-29)20-3-4-21(33-20)23(31)25-14-17-2-5-22-26-16-27-30(22)15-17/h2-5,15-16,18-19H,6-14H2,1H3,(H,25,31). The highest BCUT2D eigenvalue weighted by molar-refractivity contribution is 7.14. The van der Waals surface area contributed by atoms with E-state index in [1.165, 1.54) is 11.2 Å². The number of thiophene rings is 1. The van der Waals surface area contributed by atoms with Gasteiger partial charge in [-0.3, -0.25) is 9.59 Å². The fraction of sp³-hybridized carbons (Fsp3) is 0.500. The molecule has 2 amide bonds. The van der Waals surface area contributed by atoms with E-state index in [0.717, 1.165) is 68.0 Å². The van der Waals surface area contributed by atoms with E-state index < -0.39 is 0 Å². The van der Waals surface area contributed by atoms with E-state index in [1.807, 2.05) is 24.4 Å². The molecule has 1 N–H and O–H groups in total. The van der Waals surface area contributed by atoms with Crippen LogP contribution in [0.1, 0.15) is 51.7 Å². The molecule has 0 spiro atoms. The predicted octanol–water partition coefficient (Wildman–Crippen LogP) is 2.77. The van der Waals surface area contributed by atoms with Crippen molar-refractivity contribution in [1.29, 1.82) is 0 Å². The van der Waals surface area contributed by atoms with Gasteiger partial charge in [-0.25, -0.2) is 9.50 Å². The molecular formula is C24H30N6O2S. The Morgan fingerprint density at radius 1 is 1.06 bits per heavy atom. The minimum atomic E-state index is -0.0557. The first-order valence-corrected chi connectivity index (χ1v) is 12.5. The van der Waals surface area contributed by atoms with Crippen LogP contribution in [0.4, 0.5) is 0 Å². The molecule has 3 aromatic rings. The van der Waals surface area contributed by atoms with Gasteiger partial charge in [-0.2, -0.15) is 5.10 Å². The number of fused-ring (bicyclic) bond motifs is 1.